The molecule has 0 bridgehead atoms. The van der Waals surface area contributed by atoms with Gasteiger partial charge in [0.25, 0.3) is 0 Å². The summed E-state index contributed by atoms with van der Waals surface area (Å²) in [6.45, 7) is 5.68. The Morgan fingerprint density at radius 2 is 1.24 bits per heavy atom. The lowest BCUT2D eigenvalue weighted by Gasteiger charge is -2.24. The standard InChI is InChI=1S/C30H29NO2S/c1-22-19-23(2)30(24(3)20-22)34(32,33)31-29(27-17-11-6-12-18-27)28(26-15-9-5-10-16-26)21-25-13-7-4-8-14-25/h4-21,29,31H,1-3H3. The molecule has 1 atom stereocenters. The molecule has 0 heterocycles. The van der Waals surface area contributed by atoms with Crippen LogP contribution in [0.15, 0.2) is 108 Å². The molecule has 4 aromatic rings. The van der Waals surface area contributed by atoms with Gasteiger partial charge in [-0.25, -0.2) is 8.42 Å². The molecule has 0 amide bonds. The van der Waals surface area contributed by atoms with Crippen molar-refractivity contribution in [1.82, 2.24) is 4.72 Å². The molecule has 172 valence electrons. The van der Waals surface area contributed by atoms with Gasteiger partial charge in [0.05, 0.1) is 10.9 Å². The van der Waals surface area contributed by atoms with Gasteiger partial charge in [0.1, 0.15) is 0 Å². The molecule has 4 heteroatoms. The van der Waals surface area contributed by atoms with Gasteiger partial charge in [-0.2, -0.15) is 4.72 Å². The van der Waals surface area contributed by atoms with E-state index < -0.39 is 16.1 Å². The number of benzene rings is 4. The highest BCUT2D eigenvalue weighted by atomic mass is 32.2. The average Bonchev–Trinajstić information content (AvgIpc) is 2.82. The SMILES string of the molecule is Cc1cc(C)c(S(=O)(=O)NC(C(=Cc2ccccc2)c2ccccc2)c2ccccc2)c(C)c1. The first-order valence-electron chi connectivity index (χ1n) is 11.3. The predicted molar refractivity (Wildman–Crippen MR) is 141 cm³/mol. The number of rotatable bonds is 7. The lowest BCUT2D eigenvalue weighted by atomic mass is 9.92. The minimum absolute atomic E-state index is 0.339. The van der Waals surface area contributed by atoms with Gasteiger partial charge in [0.15, 0.2) is 0 Å². The van der Waals surface area contributed by atoms with E-state index in [1.165, 1.54) is 0 Å². The molecule has 4 aromatic carbocycles. The topological polar surface area (TPSA) is 46.2 Å². The Bertz CT molecular complexity index is 1370. The van der Waals surface area contributed by atoms with Crippen molar-refractivity contribution in [2.45, 2.75) is 31.7 Å². The molecule has 0 spiro atoms. The third-order valence-corrected chi connectivity index (χ3v) is 7.55. The van der Waals surface area contributed by atoms with Gasteiger partial charge >= 0.3 is 0 Å². The van der Waals surface area contributed by atoms with Gasteiger partial charge in [0, 0.05) is 0 Å². The van der Waals surface area contributed by atoms with Gasteiger partial charge < -0.3 is 0 Å². The highest BCUT2D eigenvalue weighted by Crippen LogP contribution is 2.34. The zero-order valence-corrected chi connectivity index (χ0v) is 20.5. The van der Waals surface area contributed by atoms with Crippen LogP contribution in [0.4, 0.5) is 0 Å². The van der Waals surface area contributed by atoms with Gasteiger partial charge in [-0.1, -0.05) is 109 Å². The van der Waals surface area contributed by atoms with Crippen LogP contribution in [0.2, 0.25) is 0 Å². The highest BCUT2D eigenvalue weighted by Gasteiger charge is 2.27. The lowest BCUT2D eigenvalue weighted by Crippen LogP contribution is -2.30. The van der Waals surface area contributed by atoms with Crippen molar-refractivity contribution in [3.63, 3.8) is 0 Å². The third-order valence-electron chi connectivity index (χ3n) is 5.82. The fraction of sp³-hybridized carbons (Fsp3) is 0.133. The first-order chi connectivity index (χ1) is 16.3. The summed E-state index contributed by atoms with van der Waals surface area (Å²) in [5, 5.41) is 0. The summed E-state index contributed by atoms with van der Waals surface area (Å²) in [6.07, 6.45) is 2.06. The molecule has 3 nitrogen and oxygen atoms in total. The molecule has 0 saturated carbocycles. The molecule has 0 aliphatic carbocycles. The fourth-order valence-electron chi connectivity index (χ4n) is 4.45. The number of aryl methyl sites for hydroxylation is 3. The summed E-state index contributed by atoms with van der Waals surface area (Å²) >= 11 is 0. The van der Waals surface area contributed by atoms with E-state index in [2.05, 4.69) is 10.8 Å². The number of nitrogens with one attached hydrogen (secondary N) is 1. The molecule has 4 rings (SSSR count). The van der Waals surface area contributed by atoms with Gasteiger partial charge in [-0.05, 0) is 60.2 Å². The summed E-state index contributed by atoms with van der Waals surface area (Å²) in [7, 11) is -3.82. The van der Waals surface area contributed by atoms with Crippen molar-refractivity contribution in [3.8, 4) is 0 Å². The van der Waals surface area contributed by atoms with Crippen molar-refractivity contribution < 1.29 is 8.42 Å². The second-order valence-corrected chi connectivity index (χ2v) is 10.2. The Labute approximate surface area is 202 Å². The molecule has 0 aliphatic rings. The van der Waals surface area contributed by atoms with E-state index in [0.717, 1.165) is 39.0 Å². The molecule has 0 aliphatic heterocycles. The van der Waals surface area contributed by atoms with Crippen LogP contribution in [0.25, 0.3) is 11.6 Å². The molecule has 34 heavy (non-hydrogen) atoms. The van der Waals surface area contributed by atoms with Gasteiger partial charge in [-0.3, -0.25) is 0 Å². The van der Waals surface area contributed by atoms with E-state index in [1.54, 1.807) is 0 Å². The zero-order valence-electron chi connectivity index (χ0n) is 19.7. The van der Waals surface area contributed by atoms with Crippen LogP contribution in [0.1, 0.15) is 39.4 Å². The largest absolute Gasteiger partial charge is 0.241 e. The molecule has 1 unspecified atom stereocenters. The molecule has 0 aromatic heterocycles. The zero-order chi connectivity index (χ0) is 24.1. The second kappa shape index (κ2) is 10.2. The van der Waals surface area contributed by atoms with Crippen LogP contribution in [0.3, 0.4) is 0 Å². The summed E-state index contributed by atoms with van der Waals surface area (Å²) < 4.78 is 30.7. The second-order valence-electron chi connectivity index (χ2n) is 8.57. The predicted octanol–water partition coefficient (Wildman–Crippen LogP) is 6.87. The molecular weight excluding hydrogens is 438 g/mol. The Morgan fingerprint density at radius 1 is 0.735 bits per heavy atom. The maximum absolute atomic E-state index is 13.8. The summed E-state index contributed by atoms with van der Waals surface area (Å²) in [6, 6.07) is 32.9. The van der Waals surface area contributed by atoms with Crippen molar-refractivity contribution in [3.05, 3.63) is 137 Å². The van der Waals surface area contributed by atoms with Crippen molar-refractivity contribution in [2.24, 2.45) is 0 Å². The van der Waals surface area contributed by atoms with E-state index >= 15 is 0 Å². The maximum atomic E-state index is 13.8. The fourth-order valence-corrected chi connectivity index (χ4v) is 6.11. The average molecular weight is 468 g/mol. The van der Waals surface area contributed by atoms with Gasteiger partial charge in [0.2, 0.25) is 10.0 Å². The van der Waals surface area contributed by atoms with E-state index in [1.807, 2.05) is 124 Å². The first-order valence-corrected chi connectivity index (χ1v) is 12.8. The van der Waals surface area contributed by atoms with E-state index in [0.29, 0.717) is 4.90 Å². The van der Waals surface area contributed by atoms with Crippen LogP contribution < -0.4 is 4.72 Å². The van der Waals surface area contributed by atoms with Crippen molar-refractivity contribution in [1.29, 1.82) is 0 Å². The highest BCUT2D eigenvalue weighted by molar-refractivity contribution is 7.89. The van der Waals surface area contributed by atoms with Crippen LogP contribution in [0, 0.1) is 20.8 Å². The third kappa shape index (κ3) is 5.36. The quantitative estimate of drug-likeness (QED) is 0.301. The lowest BCUT2D eigenvalue weighted by molar-refractivity contribution is 0.574. The van der Waals surface area contributed by atoms with E-state index in [-0.39, 0.29) is 0 Å². The monoisotopic (exact) mass is 467 g/mol. The Morgan fingerprint density at radius 3 is 1.79 bits per heavy atom. The maximum Gasteiger partial charge on any atom is 0.241 e. The van der Waals surface area contributed by atoms with Crippen LogP contribution in [-0.4, -0.2) is 8.42 Å². The molecule has 1 N–H and O–H groups in total. The molecule has 0 radical (unpaired) electrons. The van der Waals surface area contributed by atoms with Crippen LogP contribution in [0.5, 0.6) is 0 Å². The van der Waals surface area contributed by atoms with Crippen LogP contribution in [-0.2, 0) is 10.0 Å². The Kier molecular flexibility index (Phi) is 7.11. The van der Waals surface area contributed by atoms with Gasteiger partial charge in [-0.15, -0.1) is 0 Å². The molecule has 0 saturated heterocycles. The minimum atomic E-state index is -3.82. The van der Waals surface area contributed by atoms with Crippen molar-refractivity contribution >= 4 is 21.7 Å². The van der Waals surface area contributed by atoms with Crippen molar-refractivity contribution in [2.75, 3.05) is 0 Å². The molecule has 0 fully saturated rings. The normalized spacial score (nSPS) is 13.0. The number of hydrogen-bond donors (Lipinski definition) is 1. The summed E-state index contributed by atoms with van der Waals surface area (Å²) in [4.78, 5) is 0.339. The summed E-state index contributed by atoms with van der Waals surface area (Å²) in [5.41, 5.74) is 6.24. The van der Waals surface area contributed by atoms with Crippen LogP contribution >= 0.6 is 0 Å². The minimum Gasteiger partial charge on any atom is -0.207 e. The Hall–Kier alpha value is -3.47. The van der Waals surface area contributed by atoms with E-state index in [4.69, 9.17) is 0 Å². The number of sulfonamides is 1. The summed E-state index contributed by atoms with van der Waals surface area (Å²) in [5.74, 6) is 0. The number of hydrogen-bond acceptors (Lipinski definition) is 2. The van der Waals surface area contributed by atoms with E-state index in [9.17, 15) is 8.42 Å². The smallest absolute Gasteiger partial charge is 0.207 e. The first kappa shape index (κ1) is 23.7. The Balaban J connectivity index is 1.90. The molecular formula is C30H29NO2S.